The number of ketones is 2. The summed E-state index contributed by atoms with van der Waals surface area (Å²) in [5, 5.41) is 53.6. The van der Waals surface area contributed by atoms with Gasteiger partial charge in [0, 0.05) is 35.1 Å². The van der Waals surface area contributed by atoms with Crippen molar-refractivity contribution in [3.63, 3.8) is 0 Å². The van der Waals surface area contributed by atoms with Gasteiger partial charge in [0.15, 0.2) is 11.6 Å². The highest BCUT2D eigenvalue weighted by Crippen LogP contribution is 2.50. The van der Waals surface area contributed by atoms with Gasteiger partial charge in [0.2, 0.25) is 0 Å². The van der Waals surface area contributed by atoms with Crippen LogP contribution in [0.1, 0.15) is 70.7 Å². The molecule has 0 fully saturated rings. The number of carbonyl (C=O) groups excluding carboxylic acids is 2. The zero-order valence-electron chi connectivity index (χ0n) is 19.4. The van der Waals surface area contributed by atoms with E-state index >= 15 is 0 Å². The second-order valence-electron chi connectivity index (χ2n) is 8.78. The van der Waals surface area contributed by atoms with E-state index in [0.29, 0.717) is 0 Å². The van der Waals surface area contributed by atoms with Crippen LogP contribution in [0.15, 0.2) is 0 Å². The Hall–Kier alpha value is -3.46. The number of phenols is 4. The molecule has 1 heterocycles. The summed E-state index contributed by atoms with van der Waals surface area (Å²) in [6, 6.07) is 0. The summed E-state index contributed by atoms with van der Waals surface area (Å²) in [5.74, 6) is -3.07. The SMILES string of the molecule is COc1c(C)c(O)c(C(C)=O)c(O)c1Cc1c(O)c2c(c(C(C)=O)c1O)OC(C)(C)[C@H](O)C2. The van der Waals surface area contributed by atoms with Crippen LogP contribution in [0, 0.1) is 6.92 Å². The number of aliphatic hydroxyl groups is 1. The van der Waals surface area contributed by atoms with Crippen LogP contribution in [-0.4, -0.2) is 55.9 Å². The summed E-state index contributed by atoms with van der Waals surface area (Å²) in [6.07, 6.45) is -1.39. The highest BCUT2D eigenvalue weighted by Gasteiger charge is 2.41. The van der Waals surface area contributed by atoms with E-state index < -0.39 is 46.3 Å². The molecule has 2 aromatic rings. The average Bonchev–Trinajstić information content (AvgIpc) is 2.70. The van der Waals surface area contributed by atoms with E-state index in [0.717, 1.165) is 0 Å². The van der Waals surface area contributed by atoms with Gasteiger partial charge in [-0.2, -0.15) is 0 Å². The third-order valence-corrected chi connectivity index (χ3v) is 6.15. The standard InChI is InChI=1S/C24H28O9/c1-9-18(28)16(10(2)25)21(31)13(22(9)32-6)7-12-19(29)14-8-15(27)24(4,5)33-23(14)17(11(3)26)20(12)30/h15,27-31H,7-8H2,1-6H3/t15-/m1/s1. The zero-order chi connectivity index (χ0) is 25.0. The van der Waals surface area contributed by atoms with Gasteiger partial charge in [-0.1, -0.05) is 0 Å². The Kier molecular flexibility index (Phi) is 5.97. The van der Waals surface area contributed by atoms with Crippen molar-refractivity contribution >= 4 is 11.6 Å². The molecule has 0 spiro atoms. The number of hydrogen-bond acceptors (Lipinski definition) is 9. The van der Waals surface area contributed by atoms with Gasteiger partial charge in [-0.3, -0.25) is 9.59 Å². The fourth-order valence-corrected chi connectivity index (χ4v) is 4.22. The van der Waals surface area contributed by atoms with E-state index in [-0.39, 0.29) is 57.7 Å². The van der Waals surface area contributed by atoms with Crippen LogP contribution in [0.3, 0.4) is 0 Å². The number of rotatable bonds is 5. The van der Waals surface area contributed by atoms with E-state index in [1.807, 2.05) is 0 Å². The first-order valence-corrected chi connectivity index (χ1v) is 10.3. The largest absolute Gasteiger partial charge is 0.507 e. The summed E-state index contributed by atoms with van der Waals surface area (Å²) >= 11 is 0. The zero-order valence-corrected chi connectivity index (χ0v) is 19.4. The summed E-state index contributed by atoms with van der Waals surface area (Å²) in [4.78, 5) is 24.5. The van der Waals surface area contributed by atoms with Crippen LogP contribution in [0.2, 0.25) is 0 Å². The summed E-state index contributed by atoms with van der Waals surface area (Å²) in [6.45, 7) is 7.14. The lowest BCUT2D eigenvalue weighted by molar-refractivity contribution is -0.0422. The molecule has 0 amide bonds. The minimum atomic E-state index is -1.07. The predicted molar refractivity (Wildman–Crippen MR) is 118 cm³/mol. The molecule has 9 nitrogen and oxygen atoms in total. The third-order valence-electron chi connectivity index (χ3n) is 6.15. The molecule has 0 unspecified atom stereocenters. The molecule has 0 saturated carbocycles. The second kappa shape index (κ2) is 8.15. The highest BCUT2D eigenvalue weighted by atomic mass is 16.5. The van der Waals surface area contributed by atoms with Crippen LogP contribution in [-0.2, 0) is 12.8 Å². The fourth-order valence-electron chi connectivity index (χ4n) is 4.22. The molecule has 0 aliphatic carbocycles. The molecular weight excluding hydrogens is 432 g/mol. The van der Waals surface area contributed by atoms with E-state index in [1.165, 1.54) is 27.9 Å². The van der Waals surface area contributed by atoms with Gasteiger partial charge >= 0.3 is 0 Å². The lowest BCUT2D eigenvalue weighted by atomic mass is 9.85. The number of fused-ring (bicyclic) bond motifs is 1. The maximum Gasteiger partial charge on any atom is 0.167 e. The van der Waals surface area contributed by atoms with Crippen molar-refractivity contribution in [2.45, 2.75) is 59.2 Å². The molecule has 0 saturated heterocycles. The maximum absolute atomic E-state index is 12.4. The van der Waals surface area contributed by atoms with Gasteiger partial charge in [-0.15, -0.1) is 0 Å². The van der Waals surface area contributed by atoms with Crippen LogP contribution in [0.5, 0.6) is 34.5 Å². The number of phenolic OH excluding ortho intramolecular Hbond substituents is 4. The molecular formula is C24H28O9. The fraction of sp³-hybridized carbons (Fsp3) is 0.417. The van der Waals surface area contributed by atoms with Crippen molar-refractivity contribution in [3.05, 3.63) is 33.4 Å². The van der Waals surface area contributed by atoms with Crippen molar-refractivity contribution in [1.29, 1.82) is 0 Å². The quantitative estimate of drug-likeness (QED) is 0.424. The second-order valence-corrected chi connectivity index (χ2v) is 8.78. The van der Waals surface area contributed by atoms with Crippen molar-refractivity contribution in [1.82, 2.24) is 0 Å². The smallest absolute Gasteiger partial charge is 0.167 e. The normalized spacial score (nSPS) is 16.6. The van der Waals surface area contributed by atoms with Gasteiger partial charge in [0.1, 0.15) is 51.2 Å². The van der Waals surface area contributed by atoms with E-state index in [2.05, 4.69) is 0 Å². The Balaban J connectivity index is 2.33. The Bertz CT molecular complexity index is 1180. The van der Waals surface area contributed by atoms with Crippen LogP contribution in [0.4, 0.5) is 0 Å². The molecule has 0 radical (unpaired) electrons. The van der Waals surface area contributed by atoms with E-state index in [9.17, 15) is 35.1 Å². The lowest BCUT2D eigenvalue weighted by Crippen LogP contribution is -2.46. The molecule has 9 heteroatoms. The number of benzene rings is 2. The highest BCUT2D eigenvalue weighted by molar-refractivity contribution is 6.02. The van der Waals surface area contributed by atoms with Crippen molar-refractivity contribution in [2.75, 3.05) is 7.11 Å². The number of Topliss-reactive ketones (excluding diaryl/α,β-unsaturated/α-hetero) is 2. The van der Waals surface area contributed by atoms with Crippen LogP contribution >= 0.6 is 0 Å². The topological polar surface area (TPSA) is 154 Å². The molecule has 1 atom stereocenters. The van der Waals surface area contributed by atoms with Gasteiger partial charge in [-0.05, 0) is 34.6 Å². The van der Waals surface area contributed by atoms with Gasteiger partial charge in [-0.25, -0.2) is 0 Å². The Labute approximate surface area is 190 Å². The molecule has 1 aliphatic rings. The van der Waals surface area contributed by atoms with Gasteiger partial charge in [0.05, 0.1) is 13.2 Å². The molecule has 0 aromatic heterocycles. The maximum atomic E-state index is 12.4. The lowest BCUT2D eigenvalue weighted by Gasteiger charge is -2.38. The first-order valence-electron chi connectivity index (χ1n) is 10.3. The third kappa shape index (κ3) is 3.72. The number of ether oxygens (including phenoxy) is 2. The molecule has 0 bridgehead atoms. The number of hydrogen-bond donors (Lipinski definition) is 5. The summed E-state index contributed by atoms with van der Waals surface area (Å²) < 4.78 is 11.1. The first kappa shape index (κ1) is 24.2. The average molecular weight is 460 g/mol. The number of aliphatic hydroxyl groups excluding tert-OH is 1. The van der Waals surface area contributed by atoms with Gasteiger partial charge < -0.3 is 35.0 Å². The Morgan fingerprint density at radius 2 is 1.52 bits per heavy atom. The molecule has 1 aliphatic heterocycles. The Morgan fingerprint density at radius 3 is 2.03 bits per heavy atom. The predicted octanol–water partition coefficient (Wildman–Crippen LogP) is 2.90. The van der Waals surface area contributed by atoms with Crippen molar-refractivity contribution in [2.24, 2.45) is 0 Å². The van der Waals surface area contributed by atoms with Crippen LogP contribution < -0.4 is 9.47 Å². The molecule has 2 aromatic carbocycles. The number of methoxy groups -OCH3 is 1. The minimum Gasteiger partial charge on any atom is -0.507 e. The molecule has 33 heavy (non-hydrogen) atoms. The summed E-state index contributed by atoms with van der Waals surface area (Å²) in [5.41, 5.74) is -1.34. The minimum absolute atomic E-state index is 0.0148. The summed E-state index contributed by atoms with van der Waals surface area (Å²) in [7, 11) is 1.30. The molecule has 5 N–H and O–H groups in total. The van der Waals surface area contributed by atoms with E-state index in [1.54, 1.807) is 13.8 Å². The van der Waals surface area contributed by atoms with Crippen molar-refractivity contribution < 1.29 is 44.6 Å². The molecule has 178 valence electrons. The number of carbonyl (C=O) groups is 2. The molecule has 3 rings (SSSR count). The Morgan fingerprint density at radius 1 is 0.970 bits per heavy atom. The monoisotopic (exact) mass is 460 g/mol. The van der Waals surface area contributed by atoms with Crippen molar-refractivity contribution in [3.8, 4) is 34.5 Å². The first-order chi connectivity index (χ1) is 15.2. The van der Waals surface area contributed by atoms with Gasteiger partial charge in [0.25, 0.3) is 0 Å². The van der Waals surface area contributed by atoms with E-state index in [4.69, 9.17) is 9.47 Å². The number of aromatic hydroxyl groups is 4. The van der Waals surface area contributed by atoms with Crippen LogP contribution in [0.25, 0.3) is 0 Å².